The van der Waals surface area contributed by atoms with Crippen molar-refractivity contribution in [2.24, 2.45) is 0 Å². The van der Waals surface area contributed by atoms with Gasteiger partial charge in [-0.2, -0.15) is 13.1 Å². The second kappa shape index (κ2) is 4.87. The number of halogens is 1. The van der Waals surface area contributed by atoms with Crippen molar-refractivity contribution < 1.29 is 18.3 Å². The fraction of sp³-hybridized carbons (Fsp3) is 0.300. The van der Waals surface area contributed by atoms with Crippen LogP contribution in [0.4, 0.5) is 5.69 Å². The molecule has 18 heavy (non-hydrogen) atoms. The molecule has 1 aromatic rings. The zero-order valence-electron chi connectivity index (χ0n) is 9.18. The molecule has 0 amide bonds. The summed E-state index contributed by atoms with van der Waals surface area (Å²) >= 11 is 3.17. The van der Waals surface area contributed by atoms with Crippen LogP contribution in [0, 0.1) is 0 Å². The SMILES string of the molecule is O=C(O)c1ccc(Br)c(NS(=O)(=O)NC2CC2)c1. The van der Waals surface area contributed by atoms with E-state index < -0.39 is 16.2 Å². The third-order valence-electron chi connectivity index (χ3n) is 2.36. The van der Waals surface area contributed by atoms with E-state index in [1.807, 2.05) is 0 Å². The van der Waals surface area contributed by atoms with E-state index >= 15 is 0 Å². The second-order valence-electron chi connectivity index (χ2n) is 4.00. The minimum atomic E-state index is -3.66. The molecule has 0 bridgehead atoms. The van der Waals surface area contributed by atoms with Crippen LogP contribution >= 0.6 is 15.9 Å². The van der Waals surface area contributed by atoms with Crippen LogP contribution < -0.4 is 9.44 Å². The summed E-state index contributed by atoms with van der Waals surface area (Å²) in [5, 5.41) is 8.85. The van der Waals surface area contributed by atoms with Crippen molar-refractivity contribution in [3.63, 3.8) is 0 Å². The summed E-state index contributed by atoms with van der Waals surface area (Å²) in [6.07, 6.45) is 1.66. The minimum absolute atomic E-state index is 0.0102. The van der Waals surface area contributed by atoms with Crippen molar-refractivity contribution >= 4 is 37.8 Å². The molecule has 1 aliphatic rings. The molecule has 0 saturated heterocycles. The van der Waals surface area contributed by atoms with Crippen LogP contribution in [0.15, 0.2) is 22.7 Å². The van der Waals surface area contributed by atoms with Crippen LogP contribution in [0.25, 0.3) is 0 Å². The van der Waals surface area contributed by atoms with E-state index in [1.54, 1.807) is 0 Å². The fourth-order valence-corrected chi connectivity index (χ4v) is 3.00. The smallest absolute Gasteiger partial charge is 0.335 e. The first-order chi connectivity index (χ1) is 8.37. The first-order valence-corrected chi connectivity index (χ1v) is 7.48. The third kappa shape index (κ3) is 3.44. The molecule has 0 atom stereocenters. The number of hydrogen-bond acceptors (Lipinski definition) is 3. The molecule has 0 spiro atoms. The molecule has 0 unspecified atom stereocenters. The molecular formula is C10H11BrN2O4S. The van der Waals surface area contributed by atoms with Crippen molar-refractivity contribution in [3.05, 3.63) is 28.2 Å². The standard InChI is InChI=1S/C10H11BrN2O4S/c11-8-4-1-6(10(14)15)5-9(8)13-18(16,17)12-7-2-3-7/h1,4-5,7,12-13H,2-3H2,(H,14,15). The highest BCUT2D eigenvalue weighted by atomic mass is 79.9. The molecule has 8 heteroatoms. The van der Waals surface area contributed by atoms with Crippen LogP contribution in [0.1, 0.15) is 23.2 Å². The molecule has 0 aromatic heterocycles. The van der Waals surface area contributed by atoms with Gasteiger partial charge in [0, 0.05) is 10.5 Å². The maximum absolute atomic E-state index is 11.7. The fourth-order valence-electron chi connectivity index (χ4n) is 1.33. The Hall–Kier alpha value is -1.12. The Kier molecular flexibility index (Phi) is 3.60. The van der Waals surface area contributed by atoms with Crippen molar-refractivity contribution in [3.8, 4) is 0 Å². The summed E-state index contributed by atoms with van der Waals surface area (Å²) in [6.45, 7) is 0. The normalized spacial score (nSPS) is 15.4. The van der Waals surface area contributed by atoms with E-state index in [4.69, 9.17) is 5.11 Å². The minimum Gasteiger partial charge on any atom is -0.478 e. The Morgan fingerprint density at radius 3 is 2.61 bits per heavy atom. The topological polar surface area (TPSA) is 95.5 Å². The summed E-state index contributed by atoms with van der Waals surface area (Å²) in [4.78, 5) is 10.8. The van der Waals surface area contributed by atoms with Gasteiger partial charge in [0.2, 0.25) is 0 Å². The number of aromatic carboxylic acids is 1. The Bertz CT molecular complexity index is 584. The number of carboxylic acids is 1. The first kappa shape index (κ1) is 13.3. The Balaban J connectivity index is 2.21. The van der Waals surface area contributed by atoms with E-state index in [0.29, 0.717) is 4.47 Å². The molecule has 1 aromatic carbocycles. The lowest BCUT2D eigenvalue weighted by atomic mass is 10.2. The predicted molar refractivity (Wildman–Crippen MR) is 69.8 cm³/mol. The van der Waals surface area contributed by atoms with E-state index in [2.05, 4.69) is 25.4 Å². The molecule has 6 nitrogen and oxygen atoms in total. The number of rotatable bonds is 5. The van der Waals surface area contributed by atoms with Crippen LogP contribution in [0.2, 0.25) is 0 Å². The van der Waals surface area contributed by atoms with E-state index in [1.165, 1.54) is 18.2 Å². The molecule has 1 fully saturated rings. The molecule has 1 aliphatic carbocycles. The van der Waals surface area contributed by atoms with Gasteiger partial charge in [0.1, 0.15) is 0 Å². The second-order valence-corrected chi connectivity index (χ2v) is 6.30. The van der Waals surface area contributed by atoms with Crippen LogP contribution in [-0.2, 0) is 10.2 Å². The average molecular weight is 335 g/mol. The Morgan fingerprint density at radius 2 is 2.06 bits per heavy atom. The van der Waals surface area contributed by atoms with Gasteiger partial charge in [0.25, 0.3) is 10.2 Å². The Labute approximate surface area is 113 Å². The number of anilines is 1. The van der Waals surface area contributed by atoms with Gasteiger partial charge in [0.15, 0.2) is 0 Å². The Morgan fingerprint density at radius 1 is 1.39 bits per heavy atom. The van der Waals surface area contributed by atoms with Gasteiger partial charge >= 0.3 is 5.97 Å². The monoisotopic (exact) mass is 334 g/mol. The van der Waals surface area contributed by atoms with Crippen LogP contribution in [0.3, 0.4) is 0 Å². The van der Waals surface area contributed by atoms with Crippen molar-refractivity contribution in [1.82, 2.24) is 4.72 Å². The van der Waals surface area contributed by atoms with Crippen molar-refractivity contribution in [2.45, 2.75) is 18.9 Å². The number of benzene rings is 1. The number of carboxylic acid groups (broad SMARTS) is 1. The summed E-state index contributed by atoms with van der Waals surface area (Å²) in [6, 6.07) is 4.12. The molecule has 0 aliphatic heterocycles. The highest BCUT2D eigenvalue weighted by Crippen LogP contribution is 2.25. The average Bonchev–Trinajstić information content (AvgIpc) is 3.03. The summed E-state index contributed by atoms with van der Waals surface area (Å²) in [5.41, 5.74) is 0.213. The zero-order valence-corrected chi connectivity index (χ0v) is 11.6. The number of carbonyl (C=O) groups is 1. The zero-order chi connectivity index (χ0) is 13.3. The number of nitrogens with one attached hydrogen (secondary N) is 2. The lowest BCUT2D eigenvalue weighted by Gasteiger charge is -2.10. The maximum Gasteiger partial charge on any atom is 0.335 e. The van der Waals surface area contributed by atoms with Crippen molar-refractivity contribution in [2.75, 3.05) is 4.72 Å². The molecule has 1 saturated carbocycles. The highest BCUT2D eigenvalue weighted by Gasteiger charge is 2.27. The molecule has 98 valence electrons. The molecule has 3 N–H and O–H groups in total. The lowest BCUT2D eigenvalue weighted by Crippen LogP contribution is -2.31. The molecule has 0 radical (unpaired) electrons. The van der Waals surface area contributed by atoms with E-state index in [9.17, 15) is 13.2 Å². The van der Waals surface area contributed by atoms with Crippen LogP contribution in [-0.4, -0.2) is 25.5 Å². The summed E-state index contributed by atoms with van der Waals surface area (Å²) < 4.78 is 28.6. The van der Waals surface area contributed by atoms with Gasteiger partial charge in [-0.05, 0) is 47.0 Å². The summed E-state index contributed by atoms with van der Waals surface area (Å²) in [7, 11) is -3.66. The largest absolute Gasteiger partial charge is 0.478 e. The third-order valence-corrected chi connectivity index (χ3v) is 4.18. The van der Waals surface area contributed by atoms with Crippen LogP contribution in [0.5, 0.6) is 0 Å². The lowest BCUT2D eigenvalue weighted by molar-refractivity contribution is 0.0697. The molecular weight excluding hydrogens is 324 g/mol. The van der Waals surface area contributed by atoms with Gasteiger partial charge in [-0.15, -0.1) is 0 Å². The summed E-state index contributed by atoms with van der Waals surface area (Å²) in [5.74, 6) is -1.11. The van der Waals surface area contributed by atoms with E-state index in [0.717, 1.165) is 12.8 Å². The van der Waals surface area contributed by atoms with Gasteiger partial charge < -0.3 is 5.11 Å². The van der Waals surface area contributed by atoms with Crippen molar-refractivity contribution in [1.29, 1.82) is 0 Å². The number of hydrogen-bond donors (Lipinski definition) is 3. The first-order valence-electron chi connectivity index (χ1n) is 5.20. The quantitative estimate of drug-likeness (QED) is 0.761. The molecule has 0 heterocycles. The maximum atomic E-state index is 11.7. The van der Waals surface area contributed by atoms with Gasteiger partial charge in [-0.25, -0.2) is 4.79 Å². The predicted octanol–water partition coefficient (Wildman–Crippen LogP) is 1.56. The van der Waals surface area contributed by atoms with Gasteiger partial charge in [-0.3, -0.25) is 4.72 Å². The van der Waals surface area contributed by atoms with Gasteiger partial charge in [0.05, 0.1) is 11.3 Å². The van der Waals surface area contributed by atoms with E-state index in [-0.39, 0.29) is 17.3 Å². The highest BCUT2D eigenvalue weighted by molar-refractivity contribution is 9.10. The molecule has 2 rings (SSSR count). The van der Waals surface area contributed by atoms with Gasteiger partial charge in [-0.1, -0.05) is 0 Å².